The topological polar surface area (TPSA) is 60.9 Å². The number of piperidine rings is 2. The van der Waals surface area contributed by atoms with Gasteiger partial charge in [-0.2, -0.15) is 17.5 Å². The highest BCUT2D eigenvalue weighted by Gasteiger charge is 2.44. The highest BCUT2D eigenvalue weighted by atomic mass is 32.2. The van der Waals surface area contributed by atoms with Crippen molar-refractivity contribution in [3.8, 4) is 0 Å². The largest absolute Gasteiger partial charge is 0.471 e. The predicted octanol–water partition coefficient (Wildman–Crippen LogP) is 3.02. The number of nitrogens with zero attached hydrogens (tertiary/aromatic N) is 3. The zero-order valence-corrected chi connectivity index (χ0v) is 18.1. The van der Waals surface area contributed by atoms with Crippen LogP contribution in [0, 0.1) is 0 Å². The van der Waals surface area contributed by atoms with Crippen LogP contribution in [0.2, 0.25) is 0 Å². The Bertz CT molecular complexity index is 991. The van der Waals surface area contributed by atoms with Gasteiger partial charge in [-0.1, -0.05) is 6.07 Å². The van der Waals surface area contributed by atoms with E-state index in [0.29, 0.717) is 31.5 Å². The molecule has 3 aliphatic rings. The van der Waals surface area contributed by atoms with Crippen molar-refractivity contribution in [2.45, 2.75) is 55.1 Å². The van der Waals surface area contributed by atoms with Crippen LogP contribution in [0.25, 0.3) is 0 Å². The summed E-state index contributed by atoms with van der Waals surface area (Å²) in [5, 5.41) is 0. The minimum atomic E-state index is -4.90. The third-order valence-electron chi connectivity index (χ3n) is 6.42. The highest BCUT2D eigenvalue weighted by molar-refractivity contribution is 7.89. The van der Waals surface area contributed by atoms with E-state index in [1.54, 1.807) is 6.07 Å². The van der Waals surface area contributed by atoms with Crippen molar-refractivity contribution in [1.82, 2.24) is 9.21 Å². The van der Waals surface area contributed by atoms with E-state index in [-0.39, 0.29) is 43.4 Å². The van der Waals surface area contributed by atoms with Gasteiger partial charge in [0.15, 0.2) is 0 Å². The standard InChI is InChI=1S/C20H24F5N3O3S/c21-19(22)7-1-8-27(13-19)32(30,31)16-3-2-14-4-11-28(17(14)12-16)15-5-9-26(10-6-15)18(29)20(23,24)25/h2-3,12,15H,1,4-11,13H2. The SMILES string of the molecule is O=C(N1CCC(N2CCc3ccc(S(=O)(=O)N4CCCC(F)(F)C4)cc32)CC1)C(F)(F)F. The van der Waals surface area contributed by atoms with Crippen LogP contribution in [0.15, 0.2) is 23.1 Å². The Kier molecular flexibility index (Phi) is 5.89. The number of amides is 1. The van der Waals surface area contributed by atoms with Crippen LogP contribution in [-0.4, -0.2) is 74.4 Å². The number of likely N-dealkylation sites (tertiary alicyclic amines) is 1. The summed E-state index contributed by atoms with van der Waals surface area (Å²) in [6.07, 6.45) is -3.85. The summed E-state index contributed by atoms with van der Waals surface area (Å²) >= 11 is 0. The first kappa shape index (κ1) is 23.2. The fraction of sp³-hybridized carbons (Fsp3) is 0.650. The molecule has 0 atom stereocenters. The van der Waals surface area contributed by atoms with E-state index in [1.807, 2.05) is 4.90 Å². The van der Waals surface area contributed by atoms with Crippen molar-refractivity contribution < 1.29 is 35.2 Å². The van der Waals surface area contributed by atoms with Gasteiger partial charge in [0.2, 0.25) is 10.0 Å². The third-order valence-corrected chi connectivity index (χ3v) is 8.26. The molecular formula is C20H24F5N3O3S. The molecule has 6 nitrogen and oxygen atoms in total. The summed E-state index contributed by atoms with van der Waals surface area (Å²) in [6, 6.07) is 4.45. The third kappa shape index (κ3) is 4.43. The molecule has 3 aliphatic heterocycles. The van der Waals surface area contributed by atoms with E-state index in [2.05, 4.69) is 0 Å². The fourth-order valence-electron chi connectivity index (χ4n) is 4.77. The summed E-state index contributed by atoms with van der Waals surface area (Å²) in [7, 11) is -4.10. The Balaban J connectivity index is 1.51. The molecule has 32 heavy (non-hydrogen) atoms. The molecule has 1 amide bonds. The van der Waals surface area contributed by atoms with Gasteiger partial charge in [0.05, 0.1) is 11.4 Å². The second-order valence-corrected chi connectivity index (χ2v) is 10.5. The lowest BCUT2D eigenvalue weighted by Gasteiger charge is -2.38. The second-order valence-electron chi connectivity index (χ2n) is 8.55. The number of halogens is 5. The molecule has 0 aliphatic carbocycles. The zero-order valence-electron chi connectivity index (χ0n) is 17.2. The number of anilines is 1. The van der Waals surface area contributed by atoms with Crippen molar-refractivity contribution in [3.05, 3.63) is 23.8 Å². The van der Waals surface area contributed by atoms with Crippen molar-refractivity contribution in [1.29, 1.82) is 0 Å². The Morgan fingerprint density at radius 2 is 1.75 bits per heavy atom. The molecule has 1 aromatic carbocycles. The van der Waals surface area contributed by atoms with Crippen LogP contribution >= 0.6 is 0 Å². The first-order chi connectivity index (χ1) is 14.9. The van der Waals surface area contributed by atoms with Crippen LogP contribution in [0.5, 0.6) is 0 Å². The van der Waals surface area contributed by atoms with E-state index in [9.17, 15) is 35.2 Å². The molecule has 1 aromatic rings. The van der Waals surface area contributed by atoms with Crippen molar-refractivity contribution in [3.63, 3.8) is 0 Å². The maximum atomic E-state index is 13.8. The Morgan fingerprint density at radius 1 is 1.06 bits per heavy atom. The zero-order chi connectivity index (χ0) is 23.3. The summed E-state index contributed by atoms with van der Waals surface area (Å²) in [4.78, 5) is 14.2. The number of hydrogen-bond acceptors (Lipinski definition) is 4. The summed E-state index contributed by atoms with van der Waals surface area (Å²) in [5.41, 5.74) is 1.57. The van der Waals surface area contributed by atoms with Crippen LogP contribution in [0.3, 0.4) is 0 Å². The van der Waals surface area contributed by atoms with Gasteiger partial charge in [0.1, 0.15) is 0 Å². The molecule has 0 bridgehead atoms. The quantitative estimate of drug-likeness (QED) is 0.623. The first-order valence-electron chi connectivity index (χ1n) is 10.5. The van der Waals surface area contributed by atoms with Crippen LogP contribution in [0.4, 0.5) is 27.6 Å². The molecule has 2 fully saturated rings. The molecule has 0 aromatic heterocycles. The Morgan fingerprint density at radius 3 is 2.38 bits per heavy atom. The average Bonchev–Trinajstić information content (AvgIpc) is 3.15. The molecule has 0 spiro atoms. The number of carbonyl (C=O) groups is 1. The molecule has 2 saturated heterocycles. The lowest BCUT2D eigenvalue weighted by atomic mass is 10.0. The van der Waals surface area contributed by atoms with Gasteiger partial charge in [0.25, 0.3) is 5.92 Å². The number of alkyl halides is 5. The number of rotatable bonds is 3. The minimum absolute atomic E-state index is 0.0321. The fourth-order valence-corrected chi connectivity index (χ4v) is 6.29. The van der Waals surface area contributed by atoms with E-state index >= 15 is 0 Å². The molecule has 178 valence electrons. The average molecular weight is 481 g/mol. The van der Waals surface area contributed by atoms with Crippen LogP contribution in [0.1, 0.15) is 31.2 Å². The van der Waals surface area contributed by atoms with Crippen molar-refractivity contribution in [2.24, 2.45) is 0 Å². The molecule has 0 saturated carbocycles. The van der Waals surface area contributed by atoms with Gasteiger partial charge < -0.3 is 9.80 Å². The van der Waals surface area contributed by atoms with Crippen LogP contribution < -0.4 is 4.90 Å². The maximum absolute atomic E-state index is 13.8. The van der Waals surface area contributed by atoms with Gasteiger partial charge in [-0.25, -0.2) is 17.2 Å². The molecular weight excluding hydrogens is 457 g/mol. The monoisotopic (exact) mass is 481 g/mol. The van der Waals surface area contributed by atoms with Gasteiger partial charge in [-0.15, -0.1) is 0 Å². The van der Waals surface area contributed by atoms with E-state index in [4.69, 9.17) is 0 Å². The minimum Gasteiger partial charge on any atom is -0.368 e. The van der Waals surface area contributed by atoms with Crippen LogP contribution in [-0.2, 0) is 21.2 Å². The molecule has 3 heterocycles. The van der Waals surface area contributed by atoms with Crippen molar-refractivity contribution in [2.75, 3.05) is 37.6 Å². The smallest absolute Gasteiger partial charge is 0.368 e. The van der Waals surface area contributed by atoms with Gasteiger partial charge in [0, 0.05) is 44.3 Å². The van der Waals surface area contributed by atoms with E-state index < -0.39 is 34.6 Å². The Hall–Kier alpha value is -1.95. The summed E-state index contributed by atoms with van der Waals surface area (Å²) < 4.78 is 92.4. The van der Waals surface area contributed by atoms with Crippen molar-refractivity contribution >= 4 is 21.6 Å². The maximum Gasteiger partial charge on any atom is 0.471 e. The van der Waals surface area contributed by atoms with E-state index in [1.165, 1.54) is 12.1 Å². The number of hydrogen-bond donors (Lipinski definition) is 0. The summed E-state index contributed by atoms with van der Waals surface area (Å²) in [5.74, 6) is -4.90. The van der Waals surface area contributed by atoms with Gasteiger partial charge in [-0.05, 0) is 43.4 Å². The van der Waals surface area contributed by atoms with Gasteiger partial charge in [-0.3, -0.25) is 4.79 Å². The number of fused-ring (bicyclic) bond motifs is 1. The first-order valence-corrected chi connectivity index (χ1v) is 12.0. The molecule has 4 rings (SSSR count). The highest BCUT2D eigenvalue weighted by Crippen LogP contribution is 2.37. The predicted molar refractivity (Wildman–Crippen MR) is 106 cm³/mol. The molecule has 0 radical (unpaired) electrons. The number of sulfonamides is 1. The second kappa shape index (κ2) is 8.12. The normalized spacial score (nSPS) is 22.8. The van der Waals surface area contributed by atoms with E-state index in [0.717, 1.165) is 14.8 Å². The number of carbonyl (C=O) groups excluding carboxylic acids is 1. The summed E-state index contributed by atoms with van der Waals surface area (Å²) in [6.45, 7) is -0.296. The lowest BCUT2D eigenvalue weighted by molar-refractivity contribution is -0.186. The Labute approximate surface area is 183 Å². The molecule has 0 unspecified atom stereocenters. The lowest BCUT2D eigenvalue weighted by Crippen LogP contribution is -2.50. The molecule has 12 heteroatoms. The van der Waals surface area contributed by atoms with Gasteiger partial charge >= 0.3 is 12.1 Å². The molecule has 0 N–H and O–H groups in total. The number of benzene rings is 1.